The lowest BCUT2D eigenvalue weighted by atomic mass is 10.3. The number of hydrogen-bond donors (Lipinski definition) is 3. The molecule has 0 aliphatic carbocycles. The second kappa shape index (κ2) is 6.42. The molecule has 0 saturated carbocycles. The Kier molecular flexibility index (Phi) is 4.39. The summed E-state index contributed by atoms with van der Waals surface area (Å²) in [7, 11) is 0. The van der Waals surface area contributed by atoms with Crippen LogP contribution < -0.4 is 10.6 Å². The number of carbonyl (C=O) groups excluding carboxylic acids is 2. The van der Waals surface area contributed by atoms with Gasteiger partial charge in [0.1, 0.15) is 12.0 Å². The Morgan fingerprint density at radius 3 is 2.55 bits per heavy atom. The molecule has 20 heavy (non-hydrogen) atoms. The molecule has 0 radical (unpaired) electrons. The fourth-order valence-corrected chi connectivity index (χ4v) is 1.55. The summed E-state index contributed by atoms with van der Waals surface area (Å²) in [6.45, 7) is 0.230. The van der Waals surface area contributed by atoms with Gasteiger partial charge in [-0.2, -0.15) is 0 Å². The Morgan fingerprint density at radius 1 is 1.15 bits per heavy atom. The van der Waals surface area contributed by atoms with Crippen molar-refractivity contribution in [1.82, 2.24) is 5.32 Å². The number of phenols is 1. The first-order valence-electron chi connectivity index (χ1n) is 6.04. The molecule has 0 spiro atoms. The second-order valence-corrected chi connectivity index (χ2v) is 4.11. The van der Waals surface area contributed by atoms with Gasteiger partial charge in [-0.3, -0.25) is 9.59 Å². The molecule has 1 heterocycles. The molecular weight excluding hydrogens is 260 g/mol. The number of nitrogens with one attached hydrogen (secondary N) is 2. The third-order valence-corrected chi connectivity index (χ3v) is 2.57. The predicted octanol–water partition coefficient (Wildman–Crippen LogP) is 1.74. The van der Waals surface area contributed by atoms with Crippen LogP contribution in [0.15, 0.2) is 47.3 Å². The Bertz CT molecular complexity index is 576. The van der Waals surface area contributed by atoms with Gasteiger partial charge in [-0.15, -0.1) is 0 Å². The van der Waals surface area contributed by atoms with Crippen LogP contribution in [0.2, 0.25) is 0 Å². The fraction of sp³-hybridized carbons (Fsp3) is 0.143. The van der Waals surface area contributed by atoms with Crippen LogP contribution in [0.5, 0.6) is 5.75 Å². The van der Waals surface area contributed by atoms with E-state index < -0.39 is 0 Å². The summed E-state index contributed by atoms with van der Waals surface area (Å²) in [5, 5.41) is 14.4. The molecule has 6 heteroatoms. The van der Waals surface area contributed by atoms with E-state index in [1.165, 1.54) is 24.7 Å². The molecule has 0 atom stereocenters. The second-order valence-electron chi connectivity index (χ2n) is 4.11. The van der Waals surface area contributed by atoms with Gasteiger partial charge in [0.05, 0.1) is 11.8 Å². The van der Waals surface area contributed by atoms with Gasteiger partial charge in [0.2, 0.25) is 5.91 Å². The molecule has 2 amide bonds. The van der Waals surface area contributed by atoms with Gasteiger partial charge in [0.15, 0.2) is 0 Å². The van der Waals surface area contributed by atoms with Crippen LogP contribution in [0.3, 0.4) is 0 Å². The Morgan fingerprint density at radius 2 is 1.90 bits per heavy atom. The van der Waals surface area contributed by atoms with Crippen LogP contribution in [-0.2, 0) is 4.79 Å². The van der Waals surface area contributed by atoms with E-state index in [9.17, 15) is 9.59 Å². The van der Waals surface area contributed by atoms with Gasteiger partial charge in [-0.1, -0.05) is 0 Å². The third-order valence-electron chi connectivity index (χ3n) is 2.57. The number of anilines is 1. The Labute approximate surface area is 115 Å². The number of rotatable bonds is 5. The normalized spacial score (nSPS) is 10.0. The van der Waals surface area contributed by atoms with Gasteiger partial charge in [0, 0.05) is 18.7 Å². The van der Waals surface area contributed by atoms with E-state index in [1.807, 2.05) is 0 Å². The van der Waals surface area contributed by atoms with Gasteiger partial charge in [-0.25, -0.2) is 0 Å². The zero-order valence-electron chi connectivity index (χ0n) is 10.6. The first kappa shape index (κ1) is 13.7. The molecule has 0 aliphatic heterocycles. The lowest BCUT2D eigenvalue weighted by molar-refractivity contribution is -0.116. The summed E-state index contributed by atoms with van der Waals surface area (Å²) in [6.07, 6.45) is 2.91. The van der Waals surface area contributed by atoms with E-state index in [4.69, 9.17) is 9.52 Å². The van der Waals surface area contributed by atoms with Crippen molar-refractivity contribution in [2.75, 3.05) is 11.9 Å². The highest BCUT2D eigenvalue weighted by atomic mass is 16.3. The molecule has 0 saturated heterocycles. The molecule has 0 bridgehead atoms. The van der Waals surface area contributed by atoms with Gasteiger partial charge < -0.3 is 20.2 Å². The third kappa shape index (κ3) is 3.88. The maximum absolute atomic E-state index is 11.6. The summed E-state index contributed by atoms with van der Waals surface area (Å²) in [5.41, 5.74) is 1.01. The molecule has 2 rings (SSSR count). The van der Waals surface area contributed by atoms with Crippen LogP contribution in [0, 0.1) is 0 Å². The zero-order chi connectivity index (χ0) is 14.4. The van der Waals surface area contributed by atoms with E-state index in [0.717, 1.165) is 0 Å². The van der Waals surface area contributed by atoms with Crippen molar-refractivity contribution in [3.8, 4) is 5.75 Å². The maximum atomic E-state index is 11.6. The van der Waals surface area contributed by atoms with E-state index in [2.05, 4.69) is 10.6 Å². The molecule has 0 aliphatic rings. The number of aromatic hydroxyl groups is 1. The highest BCUT2D eigenvalue weighted by Crippen LogP contribution is 2.13. The number of amides is 2. The van der Waals surface area contributed by atoms with Crippen LogP contribution >= 0.6 is 0 Å². The molecule has 2 aromatic rings. The summed E-state index contributed by atoms with van der Waals surface area (Å²) in [5.74, 6) is -0.366. The molecule has 104 valence electrons. The monoisotopic (exact) mass is 274 g/mol. The van der Waals surface area contributed by atoms with Crippen molar-refractivity contribution in [2.45, 2.75) is 6.42 Å². The minimum absolute atomic E-state index is 0.135. The average Bonchev–Trinajstić information content (AvgIpc) is 2.95. The predicted molar refractivity (Wildman–Crippen MR) is 72.4 cm³/mol. The van der Waals surface area contributed by atoms with Crippen molar-refractivity contribution >= 4 is 17.5 Å². The largest absolute Gasteiger partial charge is 0.508 e. The van der Waals surface area contributed by atoms with E-state index in [0.29, 0.717) is 11.3 Å². The fourth-order valence-electron chi connectivity index (χ4n) is 1.55. The van der Waals surface area contributed by atoms with Crippen LogP contribution in [0.25, 0.3) is 0 Å². The van der Waals surface area contributed by atoms with Crippen molar-refractivity contribution in [2.24, 2.45) is 0 Å². The highest BCUT2D eigenvalue weighted by molar-refractivity contribution is 5.95. The first-order valence-corrected chi connectivity index (χ1v) is 6.04. The summed E-state index contributed by atoms with van der Waals surface area (Å²) in [4.78, 5) is 23.2. The minimum Gasteiger partial charge on any atom is -0.508 e. The lowest BCUT2D eigenvalue weighted by Gasteiger charge is -2.06. The average molecular weight is 274 g/mol. The standard InChI is InChI=1S/C14H14N2O4/c17-12-3-1-11(2-4-12)16-13(18)5-7-15-14(19)10-6-8-20-9-10/h1-4,6,8-9,17H,5,7H2,(H,15,19)(H,16,18). The van der Waals surface area contributed by atoms with Gasteiger partial charge in [-0.05, 0) is 30.3 Å². The molecule has 6 nitrogen and oxygen atoms in total. The van der Waals surface area contributed by atoms with Crippen molar-refractivity contribution in [3.05, 3.63) is 48.4 Å². The van der Waals surface area contributed by atoms with Crippen LogP contribution in [0.4, 0.5) is 5.69 Å². The van der Waals surface area contributed by atoms with Gasteiger partial charge >= 0.3 is 0 Å². The number of phenolic OH excluding ortho intramolecular Hbond substituents is 1. The molecule has 0 fully saturated rings. The smallest absolute Gasteiger partial charge is 0.254 e. The molecule has 1 aromatic carbocycles. The number of hydrogen-bond acceptors (Lipinski definition) is 4. The van der Waals surface area contributed by atoms with Gasteiger partial charge in [0.25, 0.3) is 5.91 Å². The molecule has 0 unspecified atom stereocenters. The van der Waals surface area contributed by atoms with Crippen molar-refractivity contribution in [1.29, 1.82) is 0 Å². The topological polar surface area (TPSA) is 91.6 Å². The van der Waals surface area contributed by atoms with E-state index in [-0.39, 0.29) is 30.5 Å². The molecule has 3 N–H and O–H groups in total. The first-order chi connectivity index (χ1) is 9.65. The minimum atomic E-state index is -0.281. The summed E-state index contributed by atoms with van der Waals surface area (Å²) < 4.78 is 4.79. The van der Waals surface area contributed by atoms with E-state index in [1.54, 1.807) is 18.2 Å². The number of furan rings is 1. The molecular formula is C14H14N2O4. The summed E-state index contributed by atoms with van der Waals surface area (Å²) >= 11 is 0. The maximum Gasteiger partial charge on any atom is 0.254 e. The summed E-state index contributed by atoms with van der Waals surface area (Å²) in [6, 6.07) is 7.70. The van der Waals surface area contributed by atoms with Crippen molar-refractivity contribution < 1.29 is 19.1 Å². The Hall–Kier alpha value is -2.76. The van der Waals surface area contributed by atoms with Crippen LogP contribution in [0.1, 0.15) is 16.8 Å². The number of carbonyl (C=O) groups is 2. The van der Waals surface area contributed by atoms with Crippen molar-refractivity contribution in [3.63, 3.8) is 0 Å². The Balaban J connectivity index is 1.73. The molecule has 1 aromatic heterocycles. The zero-order valence-corrected chi connectivity index (χ0v) is 10.6. The van der Waals surface area contributed by atoms with Crippen LogP contribution in [-0.4, -0.2) is 23.5 Å². The number of benzene rings is 1. The van der Waals surface area contributed by atoms with E-state index >= 15 is 0 Å². The quantitative estimate of drug-likeness (QED) is 0.724. The lowest BCUT2D eigenvalue weighted by Crippen LogP contribution is -2.27. The highest BCUT2D eigenvalue weighted by Gasteiger charge is 2.07. The SMILES string of the molecule is O=C(CCNC(=O)c1ccoc1)Nc1ccc(O)cc1.